The van der Waals surface area contributed by atoms with Crippen molar-refractivity contribution in [2.75, 3.05) is 13.7 Å². The van der Waals surface area contributed by atoms with Crippen molar-refractivity contribution in [1.82, 2.24) is 5.32 Å². The number of carbonyl (C=O) groups is 1. The molecule has 1 aliphatic heterocycles. The largest absolute Gasteiger partial charge is 0.360 e. The Morgan fingerprint density at radius 1 is 1.57 bits per heavy atom. The Morgan fingerprint density at radius 3 is 2.86 bits per heavy atom. The van der Waals surface area contributed by atoms with Gasteiger partial charge in [-0.2, -0.15) is 0 Å². The summed E-state index contributed by atoms with van der Waals surface area (Å²) in [6, 6.07) is 7.50. The summed E-state index contributed by atoms with van der Waals surface area (Å²) < 4.78 is 5.43. The fourth-order valence-corrected chi connectivity index (χ4v) is 1.75. The molecule has 3 nitrogen and oxygen atoms in total. The van der Waals surface area contributed by atoms with Crippen LogP contribution in [-0.4, -0.2) is 19.9 Å². The number of rotatable bonds is 3. The van der Waals surface area contributed by atoms with E-state index in [4.69, 9.17) is 4.74 Å². The topological polar surface area (TPSA) is 38.3 Å². The van der Waals surface area contributed by atoms with Crippen molar-refractivity contribution < 1.29 is 9.53 Å². The van der Waals surface area contributed by atoms with E-state index in [0.29, 0.717) is 5.56 Å². The van der Waals surface area contributed by atoms with Crippen molar-refractivity contribution in [2.24, 2.45) is 0 Å². The van der Waals surface area contributed by atoms with Crippen LogP contribution in [0.15, 0.2) is 24.3 Å². The minimum Gasteiger partial charge on any atom is -0.360 e. The number of ether oxygens (including phenoxy) is 1. The van der Waals surface area contributed by atoms with Crippen LogP contribution >= 0.6 is 0 Å². The van der Waals surface area contributed by atoms with Crippen LogP contribution in [0.25, 0.3) is 0 Å². The molecule has 74 valence electrons. The molecule has 0 bridgehead atoms. The highest BCUT2D eigenvalue weighted by molar-refractivity contribution is 5.75. The molecule has 1 fully saturated rings. The number of carbonyl (C=O) groups excluding carboxylic acids is 1. The summed E-state index contributed by atoms with van der Waals surface area (Å²) in [6.45, 7) is 0.957. The van der Waals surface area contributed by atoms with Crippen LogP contribution in [0.2, 0.25) is 0 Å². The standard InChI is InChI=1S/C11H13NO2/c1-14-11(5-6-12-11)10-4-2-3-9(7-10)8-13/h2-4,7-8,12H,5-6H2,1H3/t11-/m1/s1. The van der Waals surface area contributed by atoms with E-state index in [1.807, 2.05) is 18.2 Å². The average Bonchev–Trinajstić information content (AvgIpc) is 2.18. The number of hydrogen-bond donors (Lipinski definition) is 1. The van der Waals surface area contributed by atoms with Gasteiger partial charge in [-0.1, -0.05) is 18.2 Å². The highest BCUT2D eigenvalue weighted by Crippen LogP contribution is 2.31. The van der Waals surface area contributed by atoms with E-state index in [-0.39, 0.29) is 5.72 Å². The highest BCUT2D eigenvalue weighted by atomic mass is 16.5. The molecule has 3 heteroatoms. The number of nitrogens with one attached hydrogen (secondary N) is 1. The van der Waals surface area contributed by atoms with E-state index < -0.39 is 0 Å². The number of methoxy groups -OCH3 is 1. The van der Waals surface area contributed by atoms with Gasteiger partial charge < -0.3 is 4.74 Å². The smallest absolute Gasteiger partial charge is 0.150 e. The summed E-state index contributed by atoms with van der Waals surface area (Å²) in [5.41, 5.74) is 1.35. The van der Waals surface area contributed by atoms with E-state index in [0.717, 1.165) is 24.8 Å². The Morgan fingerprint density at radius 2 is 2.36 bits per heavy atom. The van der Waals surface area contributed by atoms with Gasteiger partial charge in [-0.3, -0.25) is 10.1 Å². The molecule has 1 N–H and O–H groups in total. The quantitative estimate of drug-likeness (QED) is 0.732. The Bertz CT molecular complexity index is 339. The summed E-state index contributed by atoms with van der Waals surface area (Å²) in [7, 11) is 1.68. The van der Waals surface area contributed by atoms with E-state index in [9.17, 15) is 4.79 Å². The molecule has 14 heavy (non-hydrogen) atoms. The van der Waals surface area contributed by atoms with Crippen LogP contribution in [0.4, 0.5) is 0 Å². The second-order valence-corrected chi connectivity index (χ2v) is 3.45. The fourth-order valence-electron chi connectivity index (χ4n) is 1.75. The molecular weight excluding hydrogens is 178 g/mol. The van der Waals surface area contributed by atoms with Crippen LogP contribution in [0.3, 0.4) is 0 Å². The fraction of sp³-hybridized carbons (Fsp3) is 0.364. The maximum Gasteiger partial charge on any atom is 0.150 e. The second kappa shape index (κ2) is 3.52. The molecule has 0 saturated carbocycles. The molecule has 0 aliphatic carbocycles. The molecule has 1 atom stereocenters. The molecule has 1 heterocycles. The first-order valence-electron chi connectivity index (χ1n) is 4.67. The van der Waals surface area contributed by atoms with Crippen molar-refractivity contribution in [2.45, 2.75) is 12.1 Å². The van der Waals surface area contributed by atoms with Crippen molar-refractivity contribution in [3.63, 3.8) is 0 Å². The van der Waals surface area contributed by atoms with Crippen molar-refractivity contribution in [3.8, 4) is 0 Å². The van der Waals surface area contributed by atoms with Crippen molar-refractivity contribution in [3.05, 3.63) is 35.4 Å². The van der Waals surface area contributed by atoms with E-state index in [2.05, 4.69) is 5.32 Å². The first-order chi connectivity index (χ1) is 6.80. The minimum atomic E-state index is -0.362. The zero-order chi connectivity index (χ0) is 10.0. The summed E-state index contributed by atoms with van der Waals surface area (Å²) in [5, 5.41) is 3.24. The molecule has 1 aromatic rings. The Kier molecular flexibility index (Phi) is 2.35. The molecule has 0 aromatic heterocycles. The minimum absolute atomic E-state index is 0.362. The van der Waals surface area contributed by atoms with E-state index in [1.165, 1.54) is 0 Å². The monoisotopic (exact) mass is 191 g/mol. The van der Waals surface area contributed by atoms with Crippen LogP contribution in [0, 0.1) is 0 Å². The lowest BCUT2D eigenvalue weighted by Crippen LogP contribution is -2.55. The zero-order valence-corrected chi connectivity index (χ0v) is 8.12. The van der Waals surface area contributed by atoms with Gasteiger partial charge in [0.05, 0.1) is 0 Å². The van der Waals surface area contributed by atoms with Gasteiger partial charge in [0, 0.05) is 25.6 Å². The molecular formula is C11H13NO2. The van der Waals surface area contributed by atoms with Gasteiger partial charge in [-0.25, -0.2) is 0 Å². The first-order valence-corrected chi connectivity index (χ1v) is 4.67. The van der Waals surface area contributed by atoms with Gasteiger partial charge in [0.1, 0.15) is 12.0 Å². The number of hydrogen-bond acceptors (Lipinski definition) is 3. The molecule has 0 radical (unpaired) electrons. The summed E-state index contributed by atoms with van der Waals surface area (Å²) in [4.78, 5) is 10.6. The number of benzene rings is 1. The lowest BCUT2D eigenvalue weighted by atomic mass is 9.92. The van der Waals surface area contributed by atoms with Gasteiger partial charge in [0.2, 0.25) is 0 Å². The normalized spacial score (nSPS) is 25.5. The third-order valence-electron chi connectivity index (χ3n) is 2.73. The molecule has 0 unspecified atom stereocenters. The predicted molar refractivity (Wildman–Crippen MR) is 53.1 cm³/mol. The second-order valence-electron chi connectivity index (χ2n) is 3.45. The van der Waals surface area contributed by atoms with Crippen LogP contribution in [-0.2, 0) is 10.5 Å². The third-order valence-corrected chi connectivity index (χ3v) is 2.73. The van der Waals surface area contributed by atoms with Gasteiger partial charge in [0.15, 0.2) is 0 Å². The maximum atomic E-state index is 10.6. The lowest BCUT2D eigenvalue weighted by molar-refractivity contribution is -0.0971. The van der Waals surface area contributed by atoms with E-state index in [1.54, 1.807) is 13.2 Å². The van der Waals surface area contributed by atoms with Crippen molar-refractivity contribution >= 4 is 6.29 Å². The van der Waals surface area contributed by atoms with Crippen molar-refractivity contribution in [1.29, 1.82) is 0 Å². The molecule has 2 rings (SSSR count). The van der Waals surface area contributed by atoms with Crippen LogP contribution < -0.4 is 5.32 Å². The Labute approximate surface area is 83.1 Å². The zero-order valence-electron chi connectivity index (χ0n) is 8.12. The van der Waals surface area contributed by atoms with E-state index >= 15 is 0 Å². The molecule has 1 aromatic carbocycles. The van der Waals surface area contributed by atoms with Gasteiger partial charge in [-0.15, -0.1) is 0 Å². The maximum absolute atomic E-state index is 10.6. The summed E-state index contributed by atoms with van der Waals surface area (Å²) in [6.07, 6.45) is 1.80. The molecule has 1 saturated heterocycles. The molecule has 1 aliphatic rings. The Hall–Kier alpha value is -1.19. The van der Waals surface area contributed by atoms with Gasteiger partial charge in [0.25, 0.3) is 0 Å². The molecule has 0 spiro atoms. The van der Waals surface area contributed by atoms with Gasteiger partial charge in [-0.05, 0) is 11.6 Å². The predicted octanol–water partition coefficient (Wildman–Crippen LogP) is 1.29. The summed E-state index contributed by atoms with van der Waals surface area (Å²) in [5.74, 6) is 0. The van der Waals surface area contributed by atoms with Crippen LogP contribution in [0.5, 0.6) is 0 Å². The number of aldehydes is 1. The molecule has 0 amide bonds. The summed E-state index contributed by atoms with van der Waals surface area (Å²) >= 11 is 0. The highest BCUT2D eigenvalue weighted by Gasteiger charge is 2.38. The van der Waals surface area contributed by atoms with Crippen LogP contribution in [0.1, 0.15) is 22.3 Å². The lowest BCUT2D eigenvalue weighted by Gasteiger charge is -2.42. The average molecular weight is 191 g/mol. The van der Waals surface area contributed by atoms with Gasteiger partial charge >= 0.3 is 0 Å². The Balaban J connectivity index is 2.34. The SMILES string of the molecule is CO[C@@]1(c2cccc(C=O)c2)CCN1. The third kappa shape index (κ3) is 1.35. The first kappa shape index (κ1) is 9.37.